The summed E-state index contributed by atoms with van der Waals surface area (Å²) in [5.41, 5.74) is -9.83. The fourth-order valence-electron chi connectivity index (χ4n) is 10.2. The van der Waals surface area contributed by atoms with E-state index >= 15 is 0 Å². The minimum Gasteiger partial charge on any atom is -0.491 e. The molecular weight excluding hydrogens is 1040 g/mol. The number of alkyl carbamates (subject to hydrolysis) is 3. The number of likely N-dealkylation sites (N-methyl/N-ethyl adjacent to an activating group) is 1. The number of aliphatic hydroxyl groups excluding tert-OH is 2. The second kappa shape index (κ2) is 23.9. The van der Waals surface area contributed by atoms with Crippen molar-refractivity contribution in [3.63, 3.8) is 0 Å². The Bertz CT molecular complexity index is 2220. The van der Waals surface area contributed by atoms with E-state index in [1.165, 1.54) is 14.0 Å². The molecular formula is C53H91N7O19. The summed E-state index contributed by atoms with van der Waals surface area (Å²) in [5, 5.41) is 74.2. The fourth-order valence-corrected chi connectivity index (χ4v) is 10.2. The molecule has 26 nitrogen and oxygen atoms in total. The summed E-state index contributed by atoms with van der Waals surface area (Å²) in [6, 6.07) is -5.39. The van der Waals surface area contributed by atoms with Gasteiger partial charge in [0.1, 0.15) is 57.7 Å². The summed E-state index contributed by atoms with van der Waals surface area (Å²) in [5.74, 6) is -2.01. The van der Waals surface area contributed by atoms with Crippen molar-refractivity contribution in [2.45, 2.75) is 242 Å². The number of nitrogens with one attached hydrogen (secondary N) is 5. The number of ether oxygens (including phenoxy) is 8. The zero-order valence-electron chi connectivity index (χ0n) is 49.1. The zero-order valence-corrected chi connectivity index (χ0v) is 49.1. The van der Waals surface area contributed by atoms with Crippen molar-refractivity contribution in [3.8, 4) is 0 Å². The van der Waals surface area contributed by atoms with E-state index in [0.29, 0.717) is 5.76 Å². The molecule has 2 saturated carbocycles. The Hall–Kier alpha value is -4.96. The van der Waals surface area contributed by atoms with Crippen molar-refractivity contribution < 1.29 is 92.2 Å². The highest BCUT2D eigenvalue weighted by molar-refractivity contribution is 5.89. The van der Waals surface area contributed by atoms with Crippen LogP contribution in [0, 0.1) is 5.92 Å². The average molecular weight is 1130 g/mol. The van der Waals surface area contributed by atoms with Crippen LogP contribution in [0.25, 0.3) is 0 Å². The molecule has 1 unspecified atom stereocenters. The molecule has 0 aromatic carbocycles. The number of amides is 6. The van der Waals surface area contributed by atoms with Gasteiger partial charge in [0, 0.05) is 31.6 Å². The van der Waals surface area contributed by atoms with Crippen LogP contribution in [0.3, 0.4) is 0 Å². The maximum atomic E-state index is 14.3. The van der Waals surface area contributed by atoms with Gasteiger partial charge in [0.05, 0.1) is 56.1 Å². The van der Waals surface area contributed by atoms with Crippen LogP contribution in [0.4, 0.5) is 24.0 Å². The first kappa shape index (κ1) is 64.9. The highest BCUT2D eigenvalue weighted by Gasteiger charge is 2.58. The van der Waals surface area contributed by atoms with Crippen LogP contribution in [0.2, 0.25) is 0 Å². The van der Waals surface area contributed by atoms with Crippen molar-refractivity contribution in [1.82, 2.24) is 36.4 Å². The topological polar surface area (TPSA) is 344 Å². The summed E-state index contributed by atoms with van der Waals surface area (Å²) in [6.07, 6.45) is -10.6. The number of carbonyl (C=O) groups excluding carboxylic acids is 6. The summed E-state index contributed by atoms with van der Waals surface area (Å²) in [7, 11) is 1.31. The standard InChI is InChI=1S/C53H91N7O19/c1-46(2,3)75-41(64)55-28-21-52(70,22-28)24-54-23-29-18-19-30(57-42(65)76-47(4,5)6)36(73-29)33-31(58-43(66)77-48(7,8)9)20-32(56-40(63)53(71)25-60(26-53)45(68)79-50(13,14)15)37(34(33)61)74-39-35(62)38(51(16,69)27-72-39)59(17)44(67)78-49(10,11)12/h18,28,30-39,54,61-62,69-71H,19-27H2,1-17H3,(H,55,64)(H,56,63)(H,57,65)(H,58,66)/t28?,30-,31+,32-,33-,34+,35-,36?,37+,38-,39-,51+,52?/m1/s1. The number of hydrogen-bond acceptors (Lipinski definition) is 20. The molecule has 2 saturated heterocycles. The molecule has 5 aliphatic rings. The summed E-state index contributed by atoms with van der Waals surface area (Å²) < 4.78 is 46.9. The molecule has 0 aromatic rings. The quantitative estimate of drug-likeness (QED) is 0.118. The molecule has 11 atom stereocenters. The van der Waals surface area contributed by atoms with Crippen LogP contribution in [0.15, 0.2) is 11.8 Å². The third-order valence-corrected chi connectivity index (χ3v) is 13.4. The first-order valence-corrected chi connectivity index (χ1v) is 27.0. The zero-order chi connectivity index (χ0) is 59.8. The van der Waals surface area contributed by atoms with Gasteiger partial charge in [0.25, 0.3) is 5.91 Å². The molecule has 452 valence electrons. The molecule has 0 spiro atoms. The molecule has 0 aromatic heterocycles. The van der Waals surface area contributed by atoms with Crippen molar-refractivity contribution >= 4 is 36.4 Å². The Balaban J connectivity index is 1.52. The largest absolute Gasteiger partial charge is 0.491 e. The second-order valence-corrected chi connectivity index (χ2v) is 27.0. The van der Waals surface area contributed by atoms with E-state index in [9.17, 15) is 54.3 Å². The van der Waals surface area contributed by atoms with Crippen molar-refractivity contribution in [2.24, 2.45) is 5.92 Å². The Morgan fingerprint density at radius 2 is 1.20 bits per heavy atom. The van der Waals surface area contributed by atoms with Gasteiger partial charge in [-0.3, -0.25) is 4.79 Å². The first-order valence-electron chi connectivity index (χ1n) is 27.0. The third-order valence-electron chi connectivity index (χ3n) is 13.4. The van der Waals surface area contributed by atoms with E-state index in [4.69, 9.17) is 37.9 Å². The molecule has 0 radical (unpaired) electrons. The van der Waals surface area contributed by atoms with Crippen LogP contribution in [0.5, 0.6) is 0 Å². The maximum absolute atomic E-state index is 14.3. The maximum Gasteiger partial charge on any atom is 0.410 e. The van der Waals surface area contributed by atoms with Crippen LogP contribution in [0.1, 0.15) is 136 Å². The van der Waals surface area contributed by atoms with E-state index in [2.05, 4.69) is 26.6 Å². The van der Waals surface area contributed by atoms with Gasteiger partial charge >= 0.3 is 30.5 Å². The number of nitrogens with zero attached hydrogens (tertiary/aromatic N) is 2. The molecule has 79 heavy (non-hydrogen) atoms. The number of β-amino-alcohol motifs (C(OH)–C–C–N with tert-alkyl or cyclic N) is 1. The average Bonchev–Trinajstić information content (AvgIpc) is 3.21. The summed E-state index contributed by atoms with van der Waals surface area (Å²) in [4.78, 5) is 82.7. The SMILES string of the molecule is CN(C(=O)OC(C)(C)C)[C@@H]1[C@@H](O)[C@@H](O[C@@H]2[C@@H](O)[C@H](C3OC(CNCC4(O)CC(NC(=O)OC(C)(C)C)C4)=CC[C@H]3NC(=O)OC(C)(C)C)[C@@H](NC(=O)OC(C)(C)C)C[C@H]2NC(=O)C2(O)CN(C(=O)OC(C)(C)C)C2)OC[C@]1(C)O. The van der Waals surface area contributed by atoms with Gasteiger partial charge < -0.3 is 99.8 Å². The number of rotatable bonds is 13. The highest BCUT2D eigenvalue weighted by Crippen LogP contribution is 2.40. The molecule has 10 N–H and O–H groups in total. The lowest BCUT2D eigenvalue weighted by atomic mass is 9.72. The fraction of sp³-hybridized carbons (Fsp3) is 0.849. The molecule has 3 heterocycles. The van der Waals surface area contributed by atoms with Gasteiger partial charge in [0.2, 0.25) is 0 Å². The van der Waals surface area contributed by atoms with Crippen molar-refractivity contribution in [1.29, 1.82) is 0 Å². The molecule has 26 heteroatoms. The Kier molecular flexibility index (Phi) is 19.6. The Morgan fingerprint density at radius 1 is 0.696 bits per heavy atom. The lowest BCUT2D eigenvalue weighted by Gasteiger charge is -2.52. The lowest BCUT2D eigenvalue weighted by molar-refractivity contribution is -0.306. The number of aliphatic hydroxyl groups is 5. The lowest BCUT2D eigenvalue weighted by Crippen LogP contribution is -2.74. The van der Waals surface area contributed by atoms with E-state index in [1.54, 1.807) is 110 Å². The molecule has 0 bridgehead atoms. The minimum atomic E-state index is -2.18. The summed E-state index contributed by atoms with van der Waals surface area (Å²) in [6.45, 7) is 25.0. The van der Waals surface area contributed by atoms with Crippen LogP contribution < -0.4 is 26.6 Å². The van der Waals surface area contributed by atoms with Crippen LogP contribution >= 0.6 is 0 Å². The van der Waals surface area contributed by atoms with E-state index in [-0.39, 0.29) is 44.8 Å². The van der Waals surface area contributed by atoms with Gasteiger partial charge in [-0.15, -0.1) is 0 Å². The van der Waals surface area contributed by atoms with Gasteiger partial charge in [-0.05, 0) is 143 Å². The number of likely N-dealkylation sites (tertiary alicyclic amines) is 1. The monoisotopic (exact) mass is 1130 g/mol. The Labute approximate surface area is 463 Å². The van der Waals surface area contributed by atoms with Gasteiger partial charge in [0.15, 0.2) is 11.9 Å². The summed E-state index contributed by atoms with van der Waals surface area (Å²) >= 11 is 0. The minimum absolute atomic E-state index is 0.0151. The van der Waals surface area contributed by atoms with E-state index < -0.39 is 162 Å². The van der Waals surface area contributed by atoms with Crippen LogP contribution in [-0.4, -0.2) is 217 Å². The van der Waals surface area contributed by atoms with Gasteiger partial charge in [-0.25, -0.2) is 24.0 Å². The highest BCUT2D eigenvalue weighted by atomic mass is 16.7. The predicted octanol–water partition coefficient (Wildman–Crippen LogP) is 2.39. The van der Waals surface area contributed by atoms with Gasteiger partial charge in [-0.1, -0.05) is 0 Å². The Morgan fingerprint density at radius 3 is 1.72 bits per heavy atom. The third kappa shape index (κ3) is 18.3. The molecule has 4 fully saturated rings. The number of carbonyl (C=O) groups is 6. The van der Waals surface area contributed by atoms with E-state index in [1.807, 2.05) is 0 Å². The van der Waals surface area contributed by atoms with Crippen molar-refractivity contribution in [2.75, 3.05) is 39.8 Å². The van der Waals surface area contributed by atoms with E-state index in [0.717, 1.165) is 9.80 Å². The predicted molar refractivity (Wildman–Crippen MR) is 282 cm³/mol. The molecule has 5 rings (SSSR count). The van der Waals surface area contributed by atoms with Gasteiger partial charge in [-0.2, -0.15) is 0 Å². The molecule has 6 amide bonds. The first-order chi connectivity index (χ1) is 35.9. The number of hydrogen-bond donors (Lipinski definition) is 10. The molecule has 2 aliphatic carbocycles. The van der Waals surface area contributed by atoms with Crippen LogP contribution in [-0.2, 0) is 42.7 Å². The second-order valence-electron chi connectivity index (χ2n) is 27.0. The molecule has 3 aliphatic heterocycles. The normalized spacial score (nSPS) is 32.0. The smallest absolute Gasteiger partial charge is 0.410 e. The van der Waals surface area contributed by atoms with Crippen molar-refractivity contribution in [3.05, 3.63) is 11.8 Å².